The van der Waals surface area contributed by atoms with Gasteiger partial charge in [-0.1, -0.05) is 19.6 Å². The summed E-state index contributed by atoms with van der Waals surface area (Å²) in [4.78, 5) is 23.8. The molecule has 0 bridgehead atoms. The number of carbonyl (C=O) groups excluding carboxylic acids is 1. The third-order valence-electron chi connectivity index (χ3n) is 6.60. The van der Waals surface area contributed by atoms with Crippen LogP contribution in [0.2, 0.25) is 25.7 Å². The molecule has 1 aliphatic rings. The summed E-state index contributed by atoms with van der Waals surface area (Å²) in [6, 6.07) is 7.11. The van der Waals surface area contributed by atoms with E-state index in [0.29, 0.717) is 43.8 Å². The molecule has 206 valence electrons. The summed E-state index contributed by atoms with van der Waals surface area (Å²) in [6.07, 6.45) is 1.76. The standard InChI is InChI=1S/C26H39N7O4Si/c1-18-8-9-19(2)33(18)25-29-21(14-23(30-25)31-11-10-20(16-31)37-26(34)27-3)24-22(35-4)15-28-32(24)17-36-12-13-38(5,6)7/h8-9,14-15,20H,10-13,16-17H2,1-7H3,(H,27,34)/t20-/m1/s1. The average molecular weight is 542 g/mol. The van der Waals surface area contributed by atoms with Gasteiger partial charge in [0, 0.05) is 52.1 Å². The van der Waals surface area contributed by atoms with Crippen LogP contribution in [0.25, 0.3) is 17.3 Å². The van der Waals surface area contributed by atoms with Crippen LogP contribution in [0.5, 0.6) is 5.75 Å². The normalized spacial score (nSPS) is 15.7. The summed E-state index contributed by atoms with van der Waals surface area (Å²) in [5.74, 6) is 1.91. The minimum Gasteiger partial charge on any atom is -0.493 e. The Morgan fingerprint density at radius 3 is 2.58 bits per heavy atom. The Labute approximate surface area is 225 Å². The lowest BCUT2D eigenvalue weighted by Gasteiger charge is -2.20. The van der Waals surface area contributed by atoms with Crippen LogP contribution in [0.1, 0.15) is 17.8 Å². The molecule has 3 aromatic rings. The molecule has 4 rings (SSSR count). The summed E-state index contributed by atoms with van der Waals surface area (Å²) in [5.41, 5.74) is 3.47. The van der Waals surface area contributed by atoms with Crippen molar-refractivity contribution in [2.24, 2.45) is 0 Å². The van der Waals surface area contributed by atoms with E-state index in [4.69, 9.17) is 24.2 Å². The minimum absolute atomic E-state index is 0.216. The summed E-state index contributed by atoms with van der Waals surface area (Å²) in [5, 5.41) is 7.06. The quantitative estimate of drug-likeness (QED) is 0.303. The maximum atomic E-state index is 11.8. The van der Waals surface area contributed by atoms with Gasteiger partial charge in [0.15, 0.2) is 5.75 Å². The van der Waals surface area contributed by atoms with Gasteiger partial charge in [-0.05, 0) is 32.0 Å². The molecule has 1 aliphatic heterocycles. The first-order valence-corrected chi connectivity index (χ1v) is 16.7. The van der Waals surface area contributed by atoms with Gasteiger partial charge in [-0.2, -0.15) is 10.1 Å². The molecule has 4 heterocycles. The fraction of sp³-hybridized carbons (Fsp3) is 0.538. The van der Waals surface area contributed by atoms with Crippen molar-refractivity contribution in [2.45, 2.75) is 58.8 Å². The minimum atomic E-state index is -1.21. The van der Waals surface area contributed by atoms with Gasteiger partial charge in [-0.15, -0.1) is 0 Å². The summed E-state index contributed by atoms with van der Waals surface area (Å²) in [7, 11) is 1.98. The van der Waals surface area contributed by atoms with E-state index in [2.05, 4.69) is 35.0 Å². The van der Waals surface area contributed by atoms with Gasteiger partial charge in [0.2, 0.25) is 5.95 Å². The van der Waals surface area contributed by atoms with Crippen molar-refractivity contribution in [1.82, 2.24) is 29.6 Å². The number of rotatable bonds is 10. The second kappa shape index (κ2) is 11.6. The van der Waals surface area contributed by atoms with Crippen molar-refractivity contribution in [1.29, 1.82) is 0 Å². The van der Waals surface area contributed by atoms with Gasteiger partial charge in [-0.3, -0.25) is 4.57 Å². The van der Waals surface area contributed by atoms with Crippen LogP contribution in [0.15, 0.2) is 24.4 Å². The van der Waals surface area contributed by atoms with Crippen molar-refractivity contribution in [2.75, 3.05) is 38.8 Å². The Kier molecular flexibility index (Phi) is 8.41. The zero-order chi connectivity index (χ0) is 27.4. The number of hydrogen-bond acceptors (Lipinski definition) is 8. The van der Waals surface area contributed by atoms with Crippen molar-refractivity contribution >= 4 is 20.0 Å². The summed E-state index contributed by atoms with van der Waals surface area (Å²) < 4.78 is 21.0. The van der Waals surface area contributed by atoms with Crippen LogP contribution < -0.4 is 15.0 Å². The SMILES string of the molecule is CNC(=O)O[C@@H]1CCN(c2cc(-c3c(OC)cnn3COCC[Si](C)(C)C)nc(-n3c(C)ccc3C)n2)C1. The first-order valence-electron chi connectivity index (χ1n) is 12.9. The van der Waals surface area contributed by atoms with Gasteiger partial charge < -0.3 is 24.4 Å². The Hall–Kier alpha value is -3.38. The highest BCUT2D eigenvalue weighted by Gasteiger charge is 2.28. The Morgan fingerprint density at radius 2 is 1.92 bits per heavy atom. The van der Waals surface area contributed by atoms with Gasteiger partial charge in [0.05, 0.1) is 25.5 Å². The first kappa shape index (κ1) is 27.6. The van der Waals surface area contributed by atoms with Crippen LogP contribution >= 0.6 is 0 Å². The number of aromatic nitrogens is 5. The van der Waals surface area contributed by atoms with Crippen LogP contribution in [-0.4, -0.2) is 78.4 Å². The highest BCUT2D eigenvalue weighted by atomic mass is 28.3. The van der Waals surface area contributed by atoms with Crippen molar-refractivity contribution < 1.29 is 19.0 Å². The van der Waals surface area contributed by atoms with Crippen LogP contribution in [-0.2, 0) is 16.2 Å². The number of nitrogens with one attached hydrogen (secondary N) is 1. The van der Waals surface area contributed by atoms with E-state index >= 15 is 0 Å². The Balaban J connectivity index is 1.71. The van der Waals surface area contributed by atoms with E-state index in [0.717, 1.165) is 35.4 Å². The van der Waals surface area contributed by atoms with Gasteiger partial charge in [-0.25, -0.2) is 14.5 Å². The highest BCUT2D eigenvalue weighted by molar-refractivity contribution is 6.76. The molecule has 1 atom stereocenters. The number of alkyl carbamates (subject to hydrolysis) is 1. The maximum Gasteiger partial charge on any atom is 0.407 e. The van der Waals surface area contributed by atoms with Crippen LogP contribution in [0.3, 0.4) is 0 Å². The predicted molar refractivity (Wildman–Crippen MR) is 149 cm³/mol. The second-order valence-corrected chi connectivity index (χ2v) is 16.4. The molecule has 12 heteroatoms. The molecule has 1 amide bonds. The molecule has 1 N–H and O–H groups in total. The molecule has 1 saturated heterocycles. The van der Waals surface area contributed by atoms with Crippen LogP contribution in [0.4, 0.5) is 10.6 Å². The number of anilines is 1. The van der Waals surface area contributed by atoms with E-state index in [-0.39, 0.29) is 6.10 Å². The zero-order valence-electron chi connectivity index (χ0n) is 23.4. The van der Waals surface area contributed by atoms with Crippen molar-refractivity contribution in [3.63, 3.8) is 0 Å². The van der Waals surface area contributed by atoms with Gasteiger partial charge >= 0.3 is 6.09 Å². The highest BCUT2D eigenvalue weighted by Crippen LogP contribution is 2.32. The third-order valence-corrected chi connectivity index (χ3v) is 8.30. The lowest BCUT2D eigenvalue weighted by molar-refractivity contribution is 0.0796. The zero-order valence-corrected chi connectivity index (χ0v) is 24.4. The molecular weight excluding hydrogens is 502 g/mol. The summed E-state index contributed by atoms with van der Waals surface area (Å²) in [6.45, 7) is 13.3. The number of nitrogens with zero attached hydrogens (tertiary/aromatic N) is 6. The fourth-order valence-corrected chi connectivity index (χ4v) is 5.19. The smallest absolute Gasteiger partial charge is 0.407 e. The number of hydrogen-bond donors (Lipinski definition) is 1. The first-order chi connectivity index (χ1) is 18.1. The molecule has 38 heavy (non-hydrogen) atoms. The topological polar surface area (TPSA) is 109 Å². The largest absolute Gasteiger partial charge is 0.493 e. The number of ether oxygens (including phenoxy) is 3. The maximum absolute atomic E-state index is 11.8. The van der Waals surface area contributed by atoms with E-state index < -0.39 is 14.2 Å². The van der Waals surface area contributed by atoms with Crippen LogP contribution in [0, 0.1) is 13.8 Å². The van der Waals surface area contributed by atoms with Gasteiger partial charge in [0.1, 0.15) is 24.3 Å². The Morgan fingerprint density at radius 1 is 1.18 bits per heavy atom. The fourth-order valence-electron chi connectivity index (χ4n) is 4.44. The molecule has 1 fully saturated rings. The molecule has 3 aromatic heterocycles. The van der Waals surface area contributed by atoms with E-state index in [1.54, 1.807) is 25.0 Å². The molecule has 0 unspecified atom stereocenters. The Bertz CT molecular complexity index is 1250. The van der Waals surface area contributed by atoms with E-state index in [1.807, 2.05) is 36.6 Å². The second-order valence-electron chi connectivity index (χ2n) is 10.8. The van der Waals surface area contributed by atoms with E-state index in [9.17, 15) is 4.79 Å². The number of amides is 1. The molecule has 0 radical (unpaired) electrons. The monoisotopic (exact) mass is 541 g/mol. The van der Waals surface area contributed by atoms with E-state index in [1.165, 1.54) is 0 Å². The lowest BCUT2D eigenvalue weighted by atomic mass is 10.2. The van der Waals surface area contributed by atoms with Crippen molar-refractivity contribution in [3.05, 3.63) is 35.8 Å². The molecule has 11 nitrogen and oxygen atoms in total. The molecule has 0 saturated carbocycles. The molecule has 0 aromatic carbocycles. The lowest BCUT2D eigenvalue weighted by Crippen LogP contribution is -2.29. The van der Waals surface area contributed by atoms with Crippen molar-refractivity contribution in [3.8, 4) is 23.1 Å². The summed E-state index contributed by atoms with van der Waals surface area (Å²) >= 11 is 0. The number of aryl methyl sites for hydroxylation is 2. The molecule has 0 spiro atoms. The number of methoxy groups -OCH3 is 1. The predicted octanol–water partition coefficient (Wildman–Crippen LogP) is 4.00. The third kappa shape index (κ3) is 6.36. The van der Waals surface area contributed by atoms with Gasteiger partial charge in [0.25, 0.3) is 0 Å². The number of carbonyl (C=O) groups is 1. The molecule has 0 aliphatic carbocycles. The average Bonchev–Trinajstić information content (AvgIpc) is 3.59. The molecular formula is C26H39N7O4Si.